The van der Waals surface area contributed by atoms with Crippen LogP contribution in [0, 0.1) is 5.92 Å². The van der Waals surface area contributed by atoms with E-state index in [2.05, 4.69) is 10.4 Å². The maximum atomic E-state index is 13.1. The zero-order valence-corrected chi connectivity index (χ0v) is 19.6. The molecule has 0 radical (unpaired) electrons. The van der Waals surface area contributed by atoms with Crippen molar-refractivity contribution in [1.82, 2.24) is 10.3 Å². The Morgan fingerprint density at radius 1 is 1.17 bits per heavy atom. The molecule has 186 valence electrons. The third-order valence-corrected chi connectivity index (χ3v) is 5.66. The lowest BCUT2D eigenvalue weighted by Crippen LogP contribution is -2.43. The first-order chi connectivity index (χ1) is 16.4. The number of hydrazone groups is 1. The number of primary amides is 1. The molecule has 0 bridgehead atoms. The number of nitrogens with zero attached hydrogens (tertiary/aromatic N) is 2. The summed E-state index contributed by atoms with van der Waals surface area (Å²) in [7, 11) is 0. The van der Waals surface area contributed by atoms with Crippen LogP contribution in [0.15, 0.2) is 53.6 Å². The summed E-state index contributed by atoms with van der Waals surface area (Å²) in [4.78, 5) is 37.5. The van der Waals surface area contributed by atoms with Crippen LogP contribution < -0.4 is 11.1 Å². The van der Waals surface area contributed by atoms with Gasteiger partial charge in [0.2, 0.25) is 17.7 Å². The van der Waals surface area contributed by atoms with Crippen LogP contribution in [0.25, 0.3) is 0 Å². The second-order valence-electron chi connectivity index (χ2n) is 8.32. The average Bonchev–Trinajstić information content (AvgIpc) is 3.60. The van der Waals surface area contributed by atoms with Gasteiger partial charge in [-0.25, -0.2) is 5.01 Å². The van der Waals surface area contributed by atoms with Gasteiger partial charge in [0.15, 0.2) is 0 Å². The van der Waals surface area contributed by atoms with Gasteiger partial charge in [-0.15, -0.1) is 0 Å². The zero-order valence-electron chi connectivity index (χ0n) is 18.8. The molecule has 11 heteroatoms. The minimum atomic E-state index is -4.64. The lowest BCUT2D eigenvalue weighted by molar-refractivity contribution is -0.138. The van der Waals surface area contributed by atoms with Gasteiger partial charge in [0.05, 0.1) is 11.3 Å². The van der Waals surface area contributed by atoms with Crippen molar-refractivity contribution in [3.05, 3.63) is 70.2 Å². The average molecular weight is 509 g/mol. The minimum Gasteiger partial charge on any atom is -0.368 e. The quantitative estimate of drug-likeness (QED) is 0.394. The number of hydrogen-bond acceptors (Lipinski definition) is 4. The molecular weight excluding hydrogens is 485 g/mol. The first kappa shape index (κ1) is 26.2. The van der Waals surface area contributed by atoms with E-state index in [0.29, 0.717) is 16.3 Å². The molecule has 1 aliphatic carbocycles. The Labute approximate surface area is 205 Å². The summed E-state index contributed by atoms with van der Waals surface area (Å²) in [6.45, 7) is 1.12. The van der Waals surface area contributed by atoms with Crippen LogP contribution in [-0.2, 0) is 20.6 Å². The molecule has 0 spiro atoms. The molecule has 3 N–H and O–H groups in total. The van der Waals surface area contributed by atoms with Crippen molar-refractivity contribution >= 4 is 35.0 Å². The summed E-state index contributed by atoms with van der Waals surface area (Å²) in [6, 6.07) is 9.17. The second-order valence-corrected chi connectivity index (χ2v) is 8.75. The van der Waals surface area contributed by atoms with Gasteiger partial charge in [0.25, 0.3) is 0 Å². The summed E-state index contributed by atoms with van der Waals surface area (Å²) < 4.78 is 39.2. The largest absolute Gasteiger partial charge is 0.416 e. The Bertz CT molecular complexity index is 1130. The van der Waals surface area contributed by atoms with Gasteiger partial charge in [-0.05, 0) is 61.1 Å². The maximum Gasteiger partial charge on any atom is 0.416 e. The molecular formula is C24H24ClF3N4O3. The number of carbonyl (C=O) groups is 3. The standard InChI is InChI=1S/C24H24ClF3N4O3/c1-14(16-7-9-19(25)10-8-16)31-32(21(34)11-15-5-6-15)13-20(33)30-22(23(29)35)17-3-2-4-18(12-17)24(26,27)28/h2-4,7-10,12,15,22H,5-6,11,13H2,1H3,(H2,29,35)(H,30,33)/b31-14+. The molecule has 1 unspecified atom stereocenters. The third-order valence-electron chi connectivity index (χ3n) is 5.41. The van der Waals surface area contributed by atoms with E-state index in [4.69, 9.17) is 17.3 Å². The number of halogens is 4. The molecule has 1 saturated carbocycles. The van der Waals surface area contributed by atoms with Crippen LogP contribution >= 0.6 is 11.6 Å². The molecule has 0 heterocycles. The van der Waals surface area contributed by atoms with Gasteiger partial charge in [-0.1, -0.05) is 35.9 Å². The summed E-state index contributed by atoms with van der Waals surface area (Å²) >= 11 is 5.91. The van der Waals surface area contributed by atoms with Crippen LogP contribution in [-0.4, -0.2) is 35.0 Å². The van der Waals surface area contributed by atoms with Gasteiger partial charge in [0, 0.05) is 11.4 Å². The highest BCUT2D eigenvalue weighted by Crippen LogP contribution is 2.33. The topological polar surface area (TPSA) is 105 Å². The zero-order chi connectivity index (χ0) is 25.8. The molecule has 7 nitrogen and oxygen atoms in total. The molecule has 3 rings (SSSR count). The lowest BCUT2D eigenvalue weighted by Gasteiger charge is -2.21. The van der Waals surface area contributed by atoms with Crippen molar-refractivity contribution in [2.45, 2.75) is 38.4 Å². The molecule has 2 aromatic carbocycles. The molecule has 35 heavy (non-hydrogen) atoms. The highest BCUT2D eigenvalue weighted by atomic mass is 35.5. The van der Waals surface area contributed by atoms with Crippen LogP contribution in [0.1, 0.15) is 48.9 Å². The number of amides is 3. The predicted octanol–water partition coefficient (Wildman–Crippen LogP) is 4.05. The van der Waals surface area contributed by atoms with Crippen LogP contribution in [0.3, 0.4) is 0 Å². The number of nitrogens with two attached hydrogens (primary N) is 1. The van der Waals surface area contributed by atoms with E-state index < -0.39 is 36.1 Å². The van der Waals surface area contributed by atoms with Crippen molar-refractivity contribution in [1.29, 1.82) is 0 Å². The van der Waals surface area contributed by atoms with Crippen molar-refractivity contribution in [2.75, 3.05) is 6.54 Å². The van der Waals surface area contributed by atoms with E-state index in [9.17, 15) is 27.6 Å². The summed E-state index contributed by atoms with van der Waals surface area (Å²) in [5.41, 5.74) is 5.37. The normalized spacial score (nSPS) is 14.8. The molecule has 1 aliphatic rings. The Balaban J connectivity index is 1.80. The Morgan fingerprint density at radius 3 is 2.40 bits per heavy atom. The fourth-order valence-corrected chi connectivity index (χ4v) is 3.47. The summed E-state index contributed by atoms with van der Waals surface area (Å²) in [5.74, 6) is -2.01. The van der Waals surface area contributed by atoms with Crippen molar-refractivity contribution in [3.63, 3.8) is 0 Å². The van der Waals surface area contributed by atoms with Gasteiger partial charge in [0.1, 0.15) is 12.6 Å². The first-order valence-electron chi connectivity index (χ1n) is 10.8. The Hall–Kier alpha value is -3.40. The van der Waals surface area contributed by atoms with Gasteiger partial charge in [-0.3, -0.25) is 14.4 Å². The summed E-state index contributed by atoms with van der Waals surface area (Å²) in [6.07, 6.45) is -2.62. The third kappa shape index (κ3) is 7.54. The first-order valence-corrected chi connectivity index (χ1v) is 11.2. The van der Waals surface area contributed by atoms with Crippen LogP contribution in [0.2, 0.25) is 5.02 Å². The molecule has 0 aliphatic heterocycles. The molecule has 0 aromatic heterocycles. The molecule has 3 amide bonds. The van der Waals surface area contributed by atoms with Crippen LogP contribution in [0.5, 0.6) is 0 Å². The van der Waals surface area contributed by atoms with Crippen molar-refractivity contribution in [3.8, 4) is 0 Å². The van der Waals surface area contributed by atoms with Gasteiger partial charge < -0.3 is 11.1 Å². The van der Waals surface area contributed by atoms with Crippen molar-refractivity contribution < 1.29 is 27.6 Å². The lowest BCUT2D eigenvalue weighted by atomic mass is 10.0. The number of rotatable bonds is 9. The highest BCUT2D eigenvalue weighted by molar-refractivity contribution is 6.30. The fourth-order valence-electron chi connectivity index (χ4n) is 3.34. The molecule has 2 aromatic rings. The highest BCUT2D eigenvalue weighted by Gasteiger charge is 2.32. The van der Waals surface area contributed by atoms with E-state index in [1.54, 1.807) is 31.2 Å². The molecule has 1 fully saturated rings. The van der Waals surface area contributed by atoms with Gasteiger partial charge in [-0.2, -0.15) is 18.3 Å². The van der Waals surface area contributed by atoms with Crippen molar-refractivity contribution in [2.24, 2.45) is 16.8 Å². The Morgan fingerprint density at radius 2 is 1.83 bits per heavy atom. The molecule has 1 atom stereocenters. The van der Waals surface area contributed by atoms with E-state index in [1.165, 1.54) is 6.07 Å². The van der Waals surface area contributed by atoms with E-state index in [-0.39, 0.29) is 23.8 Å². The monoisotopic (exact) mass is 508 g/mol. The van der Waals surface area contributed by atoms with Crippen LogP contribution in [0.4, 0.5) is 13.2 Å². The summed E-state index contributed by atoms with van der Waals surface area (Å²) in [5, 5.41) is 8.15. The van der Waals surface area contributed by atoms with E-state index in [1.807, 2.05) is 0 Å². The number of benzene rings is 2. The fraction of sp³-hybridized carbons (Fsp3) is 0.333. The molecule has 0 saturated heterocycles. The SMILES string of the molecule is C/C(=N\N(CC(=O)NC(C(N)=O)c1cccc(C(F)(F)F)c1)C(=O)CC1CC1)c1ccc(Cl)cc1. The van der Waals surface area contributed by atoms with Gasteiger partial charge >= 0.3 is 6.18 Å². The second kappa shape index (κ2) is 10.9. The Kier molecular flexibility index (Phi) is 8.16. The maximum absolute atomic E-state index is 13.1. The number of nitrogens with one attached hydrogen (secondary N) is 1. The van der Waals surface area contributed by atoms with E-state index >= 15 is 0 Å². The predicted molar refractivity (Wildman–Crippen MR) is 124 cm³/mol. The minimum absolute atomic E-state index is 0.127. The number of carbonyl (C=O) groups excluding carboxylic acids is 3. The number of hydrogen-bond donors (Lipinski definition) is 2. The smallest absolute Gasteiger partial charge is 0.368 e. The number of alkyl halides is 3. The van der Waals surface area contributed by atoms with E-state index in [0.717, 1.165) is 36.0 Å².